The van der Waals surface area contributed by atoms with E-state index in [4.69, 9.17) is 4.74 Å². The molecule has 0 aliphatic rings. The third kappa shape index (κ3) is 71.8. The highest BCUT2D eigenvalue weighted by molar-refractivity contribution is 5.76. The van der Waals surface area contributed by atoms with Gasteiger partial charge in [-0.25, -0.2) is 0 Å². The maximum absolute atomic E-state index is 12.5. The third-order valence-electron chi connectivity index (χ3n) is 19.2. The minimum atomic E-state index is -0.659. The van der Waals surface area contributed by atoms with Gasteiger partial charge >= 0.3 is 5.97 Å². The highest BCUT2D eigenvalue weighted by atomic mass is 16.5. The van der Waals surface area contributed by atoms with E-state index >= 15 is 0 Å². The number of rotatable bonds is 76. The highest BCUT2D eigenvalue weighted by Crippen LogP contribution is 2.21. The van der Waals surface area contributed by atoms with Crippen molar-refractivity contribution >= 4 is 11.9 Å². The van der Waals surface area contributed by atoms with E-state index in [0.717, 1.165) is 38.5 Å². The van der Waals surface area contributed by atoms with Crippen molar-refractivity contribution in [2.75, 3.05) is 13.2 Å². The molecule has 1 amide bonds. The minimum Gasteiger partial charge on any atom is -0.466 e. The number of esters is 1. The molecule has 0 saturated carbocycles. The SMILES string of the molecule is CCCCCCCCCCCCCCCCCC(O)C(CO)NC(=O)CCCCCCCCCCCCCCCCCCCCCCCCCCCCCCCCCCCCCCCCCOC(=O)CCCCCCCCCCCCCCCC. The van der Waals surface area contributed by atoms with Crippen LogP contribution in [0.25, 0.3) is 0 Å². The average molecular weight is 1200 g/mol. The van der Waals surface area contributed by atoms with Crippen LogP contribution >= 0.6 is 0 Å². The number of nitrogens with one attached hydrogen (secondary N) is 1. The van der Waals surface area contributed by atoms with Crippen molar-refractivity contribution in [1.82, 2.24) is 5.32 Å². The standard InChI is InChI=1S/C79H157NO5/c1-3-5-7-9-11-13-15-17-44-47-51-55-59-63-67-71-77(82)76(75-81)80-78(83)72-68-64-60-56-52-48-45-42-40-38-36-34-32-30-28-26-24-22-20-19-21-23-25-27-29-31-33-35-37-39-41-43-46-50-54-58-62-66-70-74-85-79(84)73-69-65-61-57-53-49-18-16-14-12-10-8-6-4-2/h76-77,81-82H,3-75H2,1-2H3,(H,80,83). The number of hydrogen-bond donors (Lipinski definition) is 3. The van der Waals surface area contributed by atoms with Crippen LogP contribution in [0.2, 0.25) is 0 Å². The van der Waals surface area contributed by atoms with Crippen LogP contribution in [0.4, 0.5) is 0 Å². The summed E-state index contributed by atoms with van der Waals surface area (Å²) in [5.74, 6) is 0.00303. The molecule has 0 aromatic rings. The quantitative estimate of drug-likeness (QED) is 0.0417. The van der Waals surface area contributed by atoms with Crippen LogP contribution in [0, 0.1) is 0 Å². The number of amides is 1. The molecule has 0 aromatic heterocycles. The molecule has 6 heteroatoms. The highest BCUT2D eigenvalue weighted by Gasteiger charge is 2.20. The minimum absolute atomic E-state index is 0.0246. The fourth-order valence-corrected chi connectivity index (χ4v) is 13.1. The molecule has 2 unspecified atom stereocenters. The van der Waals surface area contributed by atoms with Crippen molar-refractivity contribution in [2.24, 2.45) is 0 Å². The third-order valence-corrected chi connectivity index (χ3v) is 19.2. The van der Waals surface area contributed by atoms with E-state index in [9.17, 15) is 19.8 Å². The van der Waals surface area contributed by atoms with Gasteiger partial charge in [0.2, 0.25) is 5.91 Å². The predicted octanol–water partition coefficient (Wildman–Crippen LogP) is 26.1. The first-order chi connectivity index (χ1) is 42.0. The van der Waals surface area contributed by atoms with Gasteiger partial charge in [-0.1, -0.05) is 431 Å². The Morgan fingerprint density at radius 1 is 0.282 bits per heavy atom. The van der Waals surface area contributed by atoms with Gasteiger partial charge in [0.1, 0.15) is 0 Å². The Hall–Kier alpha value is -1.14. The topological polar surface area (TPSA) is 95.9 Å². The summed E-state index contributed by atoms with van der Waals surface area (Å²) in [4.78, 5) is 24.6. The Balaban J connectivity index is 3.27. The number of carbonyl (C=O) groups excluding carboxylic acids is 2. The molecule has 6 nitrogen and oxygen atoms in total. The maximum atomic E-state index is 12.5. The van der Waals surface area contributed by atoms with Crippen LogP contribution in [-0.4, -0.2) is 47.4 Å². The lowest BCUT2D eigenvalue weighted by Crippen LogP contribution is -2.45. The number of ether oxygens (including phenoxy) is 1. The number of carbonyl (C=O) groups is 2. The molecule has 0 spiro atoms. The second kappa shape index (κ2) is 75.3. The molecule has 0 aromatic carbocycles. The van der Waals surface area contributed by atoms with E-state index in [-0.39, 0.29) is 18.5 Å². The van der Waals surface area contributed by atoms with E-state index in [1.165, 1.54) is 398 Å². The summed E-state index contributed by atoms with van der Waals surface area (Å²) in [6, 6.07) is -0.535. The lowest BCUT2D eigenvalue weighted by Gasteiger charge is -2.22. The van der Waals surface area contributed by atoms with Gasteiger partial charge in [-0.3, -0.25) is 9.59 Å². The van der Waals surface area contributed by atoms with Crippen LogP contribution in [0.15, 0.2) is 0 Å². The van der Waals surface area contributed by atoms with Gasteiger partial charge in [0, 0.05) is 12.8 Å². The summed E-state index contributed by atoms with van der Waals surface area (Å²) < 4.78 is 5.50. The predicted molar refractivity (Wildman–Crippen MR) is 375 cm³/mol. The molecule has 0 rings (SSSR count). The molecule has 0 bridgehead atoms. The van der Waals surface area contributed by atoms with E-state index in [2.05, 4.69) is 19.2 Å². The molecule has 3 N–H and O–H groups in total. The van der Waals surface area contributed by atoms with Crippen LogP contribution in [0.1, 0.15) is 470 Å². The number of hydrogen-bond acceptors (Lipinski definition) is 5. The lowest BCUT2D eigenvalue weighted by atomic mass is 10.0. The molecule has 0 saturated heterocycles. The molecule has 0 heterocycles. The lowest BCUT2D eigenvalue weighted by molar-refractivity contribution is -0.143. The first-order valence-electron chi connectivity index (χ1n) is 39.8. The number of unbranched alkanes of at least 4 members (excludes halogenated alkanes) is 65. The monoisotopic (exact) mass is 1200 g/mol. The first kappa shape index (κ1) is 83.9. The Labute approximate surface area is 534 Å². The van der Waals surface area contributed by atoms with E-state index in [1.807, 2.05) is 0 Å². The molecule has 0 aliphatic heterocycles. The normalized spacial score (nSPS) is 12.4. The summed E-state index contributed by atoms with van der Waals surface area (Å²) in [6.45, 7) is 5.01. The van der Waals surface area contributed by atoms with Crippen LogP contribution in [-0.2, 0) is 14.3 Å². The summed E-state index contributed by atoms with van der Waals surface area (Å²) in [7, 11) is 0. The fraction of sp³-hybridized carbons (Fsp3) is 0.975. The second-order valence-electron chi connectivity index (χ2n) is 27.8. The van der Waals surface area contributed by atoms with Crippen molar-refractivity contribution < 1.29 is 24.5 Å². The number of aliphatic hydroxyl groups excluding tert-OH is 2. The van der Waals surface area contributed by atoms with Crippen LogP contribution in [0.5, 0.6) is 0 Å². The van der Waals surface area contributed by atoms with E-state index in [1.54, 1.807) is 0 Å². The molecule has 508 valence electrons. The van der Waals surface area contributed by atoms with Gasteiger partial charge in [0.15, 0.2) is 0 Å². The Kier molecular flexibility index (Phi) is 74.3. The van der Waals surface area contributed by atoms with Crippen molar-refractivity contribution in [3.8, 4) is 0 Å². The fourth-order valence-electron chi connectivity index (χ4n) is 13.1. The summed E-state index contributed by atoms with van der Waals surface area (Å²) >= 11 is 0. The van der Waals surface area contributed by atoms with E-state index < -0.39 is 12.1 Å². The van der Waals surface area contributed by atoms with Crippen molar-refractivity contribution in [1.29, 1.82) is 0 Å². The Morgan fingerprint density at radius 2 is 0.482 bits per heavy atom. The van der Waals surface area contributed by atoms with Crippen LogP contribution in [0.3, 0.4) is 0 Å². The summed E-state index contributed by atoms with van der Waals surface area (Å²) in [6.07, 6.45) is 93.6. The molecule has 2 atom stereocenters. The zero-order valence-corrected chi connectivity index (χ0v) is 58.4. The van der Waals surface area contributed by atoms with Crippen molar-refractivity contribution in [2.45, 2.75) is 482 Å². The first-order valence-corrected chi connectivity index (χ1v) is 39.8. The molecule has 0 aliphatic carbocycles. The second-order valence-corrected chi connectivity index (χ2v) is 27.8. The van der Waals surface area contributed by atoms with Gasteiger partial charge in [-0.2, -0.15) is 0 Å². The molecular weight excluding hydrogens is 1040 g/mol. The smallest absolute Gasteiger partial charge is 0.305 e. The Morgan fingerprint density at radius 3 is 0.718 bits per heavy atom. The Bertz CT molecular complexity index is 1240. The molecular formula is C79H157NO5. The summed E-state index contributed by atoms with van der Waals surface area (Å²) in [5.41, 5.74) is 0. The van der Waals surface area contributed by atoms with Gasteiger partial charge in [0.05, 0.1) is 25.4 Å². The van der Waals surface area contributed by atoms with Gasteiger partial charge in [0.25, 0.3) is 0 Å². The average Bonchev–Trinajstić information content (AvgIpc) is 3.51. The van der Waals surface area contributed by atoms with E-state index in [0.29, 0.717) is 25.9 Å². The van der Waals surface area contributed by atoms with Gasteiger partial charge in [-0.05, 0) is 25.7 Å². The van der Waals surface area contributed by atoms with Gasteiger partial charge in [-0.15, -0.1) is 0 Å². The van der Waals surface area contributed by atoms with Crippen LogP contribution < -0.4 is 5.32 Å². The summed E-state index contributed by atoms with van der Waals surface area (Å²) in [5, 5.41) is 23.4. The maximum Gasteiger partial charge on any atom is 0.305 e. The molecule has 0 radical (unpaired) electrons. The zero-order chi connectivity index (χ0) is 61.3. The molecule has 0 fully saturated rings. The van der Waals surface area contributed by atoms with Crippen molar-refractivity contribution in [3.63, 3.8) is 0 Å². The zero-order valence-electron chi connectivity index (χ0n) is 58.4. The molecule has 85 heavy (non-hydrogen) atoms. The largest absolute Gasteiger partial charge is 0.466 e. The number of aliphatic hydroxyl groups is 2. The van der Waals surface area contributed by atoms with Crippen molar-refractivity contribution in [3.05, 3.63) is 0 Å². The van der Waals surface area contributed by atoms with Gasteiger partial charge < -0.3 is 20.3 Å².